The van der Waals surface area contributed by atoms with Gasteiger partial charge >= 0.3 is 0 Å². The van der Waals surface area contributed by atoms with E-state index in [4.69, 9.17) is 23.7 Å². The average Bonchev–Trinajstić information content (AvgIpc) is 2.74. The van der Waals surface area contributed by atoms with Crippen molar-refractivity contribution in [3.63, 3.8) is 0 Å². The van der Waals surface area contributed by atoms with Crippen LogP contribution < -0.4 is 23.7 Å². The molecule has 3 aromatic carbocycles. The van der Waals surface area contributed by atoms with Gasteiger partial charge in [-0.1, -0.05) is 30.0 Å². The molecule has 0 radical (unpaired) electrons. The first-order valence-electron chi connectivity index (χ1n) is 8.57. The third-order valence-electron chi connectivity index (χ3n) is 3.98. The van der Waals surface area contributed by atoms with Crippen LogP contribution in [0.4, 0.5) is 0 Å². The van der Waals surface area contributed by atoms with E-state index in [0.29, 0.717) is 28.7 Å². The smallest absolute Gasteiger partial charge is 0.203 e. The van der Waals surface area contributed by atoms with Crippen LogP contribution in [0.3, 0.4) is 0 Å². The van der Waals surface area contributed by atoms with Gasteiger partial charge < -0.3 is 23.7 Å². The summed E-state index contributed by atoms with van der Waals surface area (Å²) >= 11 is 1.56. The second kappa shape index (κ2) is 9.28. The van der Waals surface area contributed by atoms with E-state index in [1.807, 2.05) is 60.7 Å². The highest BCUT2D eigenvalue weighted by Gasteiger charge is 2.15. The zero-order chi connectivity index (χ0) is 19.9. The quantitative estimate of drug-likeness (QED) is 0.488. The van der Waals surface area contributed by atoms with Gasteiger partial charge in [0.1, 0.15) is 5.75 Å². The lowest BCUT2D eigenvalue weighted by Gasteiger charge is -2.15. The third kappa shape index (κ3) is 4.46. The van der Waals surface area contributed by atoms with E-state index in [1.165, 1.54) is 0 Å². The first-order valence-corrected chi connectivity index (χ1v) is 9.39. The highest BCUT2D eigenvalue weighted by molar-refractivity contribution is 7.99. The third-order valence-corrected chi connectivity index (χ3v) is 4.94. The highest BCUT2D eigenvalue weighted by Crippen LogP contribution is 2.44. The Bertz CT molecular complexity index is 902. The van der Waals surface area contributed by atoms with E-state index in [0.717, 1.165) is 15.5 Å². The van der Waals surface area contributed by atoms with Crippen LogP contribution >= 0.6 is 11.8 Å². The fraction of sp³-hybridized carbons (Fsp3) is 0.182. The van der Waals surface area contributed by atoms with E-state index in [2.05, 4.69) is 0 Å². The van der Waals surface area contributed by atoms with Gasteiger partial charge in [0, 0.05) is 9.79 Å². The van der Waals surface area contributed by atoms with Crippen LogP contribution in [0.15, 0.2) is 70.5 Å². The molecule has 0 saturated heterocycles. The molecule has 0 unspecified atom stereocenters. The molecule has 5 nitrogen and oxygen atoms in total. The molecule has 0 spiro atoms. The minimum absolute atomic E-state index is 0.567. The summed E-state index contributed by atoms with van der Waals surface area (Å²) in [6.07, 6.45) is 0. The molecule has 146 valence electrons. The topological polar surface area (TPSA) is 46.2 Å². The molecule has 0 heterocycles. The van der Waals surface area contributed by atoms with Gasteiger partial charge in [0.15, 0.2) is 23.0 Å². The van der Waals surface area contributed by atoms with Crippen molar-refractivity contribution in [2.24, 2.45) is 0 Å². The summed E-state index contributed by atoms with van der Waals surface area (Å²) in [7, 11) is 6.42. The molecule has 0 aromatic heterocycles. The van der Waals surface area contributed by atoms with Gasteiger partial charge in [0.2, 0.25) is 5.75 Å². The molecule has 0 atom stereocenters. The number of ether oxygens (including phenoxy) is 5. The Labute approximate surface area is 169 Å². The highest BCUT2D eigenvalue weighted by atomic mass is 32.2. The van der Waals surface area contributed by atoms with E-state index in [-0.39, 0.29) is 0 Å². The van der Waals surface area contributed by atoms with Crippen LogP contribution in [-0.2, 0) is 0 Å². The Kier molecular flexibility index (Phi) is 6.55. The van der Waals surface area contributed by atoms with Gasteiger partial charge in [-0.2, -0.15) is 0 Å². The van der Waals surface area contributed by atoms with Gasteiger partial charge in [-0.05, 0) is 42.5 Å². The lowest BCUT2D eigenvalue weighted by atomic mass is 10.3. The van der Waals surface area contributed by atoms with Crippen LogP contribution in [0.1, 0.15) is 0 Å². The molecule has 3 aromatic rings. The molecule has 0 amide bonds. The summed E-state index contributed by atoms with van der Waals surface area (Å²) < 4.78 is 27.7. The predicted octanol–water partition coefficient (Wildman–Crippen LogP) is 5.66. The van der Waals surface area contributed by atoms with Crippen molar-refractivity contribution in [1.82, 2.24) is 0 Å². The summed E-state index contributed by atoms with van der Waals surface area (Å²) in [6.45, 7) is 0. The second-order valence-corrected chi connectivity index (χ2v) is 6.84. The summed E-state index contributed by atoms with van der Waals surface area (Å²) in [4.78, 5) is 1.94. The normalized spacial score (nSPS) is 10.3. The standard InChI is InChI=1S/C22H22O5S/c1-23-18-11-10-16(12-19(18)27-15-8-6-5-7-9-15)28-17-13-20(24-2)22(26-4)21(14-17)25-3/h5-14H,1-4H3. The van der Waals surface area contributed by atoms with Crippen LogP contribution in [-0.4, -0.2) is 28.4 Å². The van der Waals surface area contributed by atoms with E-state index < -0.39 is 0 Å². The minimum Gasteiger partial charge on any atom is -0.493 e. The molecule has 0 aliphatic heterocycles. The molecule has 28 heavy (non-hydrogen) atoms. The van der Waals surface area contributed by atoms with E-state index in [9.17, 15) is 0 Å². The lowest BCUT2D eigenvalue weighted by molar-refractivity contribution is 0.323. The SMILES string of the molecule is COc1ccc(Sc2cc(OC)c(OC)c(OC)c2)cc1Oc1ccccc1. The Balaban J connectivity index is 1.91. The van der Waals surface area contributed by atoms with Crippen molar-refractivity contribution in [3.8, 4) is 34.5 Å². The zero-order valence-corrected chi connectivity index (χ0v) is 17.0. The van der Waals surface area contributed by atoms with Gasteiger partial charge in [0.25, 0.3) is 0 Å². The molecule has 0 bridgehead atoms. The molecule has 0 aliphatic rings. The van der Waals surface area contributed by atoms with Gasteiger partial charge in [-0.15, -0.1) is 0 Å². The predicted molar refractivity (Wildman–Crippen MR) is 110 cm³/mol. The summed E-state index contributed by atoms with van der Waals surface area (Å²) in [5, 5.41) is 0. The summed E-state index contributed by atoms with van der Waals surface area (Å²) in [5.41, 5.74) is 0. The largest absolute Gasteiger partial charge is 0.493 e. The number of methoxy groups -OCH3 is 4. The fourth-order valence-corrected chi connectivity index (χ4v) is 3.57. The van der Waals surface area contributed by atoms with Crippen LogP contribution in [0.5, 0.6) is 34.5 Å². The first kappa shape index (κ1) is 19.8. The second-order valence-electron chi connectivity index (χ2n) is 5.69. The molecule has 0 fully saturated rings. The molecule has 3 rings (SSSR count). The van der Waals surface area contributed by atoms with Gasteiger partial charge in [0.05, 0.1) is 28.4 Å². The average molecular weight is 398 g/mol. The van der Waals surface area contributed by atoms with Crippen molar-refractivity contribution < 1.29 is 23.7 Å². The van der Waals surface area contributed by atoms with Gasteiger partial charge in [-0.25, -0.2) is 0 Å². The maximum absolute atomic E-state index is 6.00. The monoisotopic (exact) mass is 398 g/mol. The van der Waals surface area contributed by atoms with Crippen LogP contribution in [0.25, 0.3) is 0 Å². The number of para-hydroxylation sites is 1. The summed E-state index contributed by atoms with van der Waals surface area (Å²) in [6, 6.07) is 19.2. The van der Waals surface area contributed by atoms with Crippen LogP contribution in [0, 0.1) is 0 Å². The van der Waals surface area contributed by atoms with Crippen molar-refractivity contribution in [2.75, 3.05) is 28.4 Å². The number of hydrogen-bond donors (Lipinski definition) is 0. The molecular weight excluding hydrogens is 376 g/mol. The van der Waals surface area contributed by atoms with Crippen LogP contribution in [0.2, 0.25) is 0 Å². The molecule has 6 heteroatoms. The Morgan fingerprint density at radius 1 is 0.571 bits per heavy atom. The summed E-state index contributed by atoms with van der Waals surface area (Å²) in [5.74, 6) is 3.84. The molecule has 0 N–H and O–H groups in total. The Hall–Kier alpha value is -2.99. The van der Waals surface area contributed by atoms with Crippen molar-refractivity contribution >= 4 is 11.8 Å². The van der Waals surface area contributed by atoms with Crippen molar-refractivity contribution in [3.05, 3.63) is 60.7 Å². The van der Waals surface area contributed by atoms with Crippen molar-refractivity contribution in [1.29, 1.82) is 0 Å². The fourth-order valence-electron chi connectivity index (χ4n) is 2.67. The molecule has 0 saturated carbocycles. The van der Waals surface area contributed by atoms with E-state index in [1.54, 1.807) is 40.2 Å². The molecular formula is C22H22O5S. The van der Waals surface area contributed by atoms with E-state index >= 15 is 0 Å². The lowest BCUT2D eigenvalue weighted by Crippen LogP contribution is -1.95. The number of benzene rings is 3. The first-order chi connectivity index (χ1) is 13.7. The van der Waals surface area contributed by atoms with Gasteiger partial charge in [-0.3, -0.25) is 0 Å². The Morgan fingerprint density at radius 3 is 1.75 bits per heavy atom. The Morgan fingerprint density at radius 2 is 1.18 bits per heavy atom. The maximum atomic E-state index is 6.00. The maximum Gasteiger partial charge on any atom is 0.203 e. The number of rotatable bonds is 8. The molecule has 0 aliphatic carbocycles. The number of hydrogen-bond acceptors (Lipinski definition) is 6. The zero-order valence-electron chi connectivity index (χ0n) is 16.2. The minimum atomic E-state index is 0.567. The van der Waals surface area contributed by atoms with Crippen molar-refractivity contribution in [2.45, 2.75) is 9.79 Å².